The molecule has 1 aliphatic rings. The normalized spacial score (nSPS) is 14.6. The van der Waals surface area contributed by atoms with Crippen molar-refractivity contribution in [1.82, 2.24) is 4.98 Å². The van der Waals surface area contributed by atoms with Crippen molar-refractivity contribution >= 4 is 5.69 Å². The highest BCUT2D eigenvalue weighted by molar-refractivity contribution is 5.53. The molecule has 3 heteroatoms. The molecule has 1 aromatic rings. The van der Waals surface area contributed by atoms with Crippen molar-refractivity contribution < 1.29 is 4.74 Å². The molecule has 1 aromatic heterocycles. The van der Waals surface area contributed by atoms with Crippen LogP contribution in [0.4, 0.5) is 5.69 Å². The molecule has 0 amide bonds. The molecule has 1 N–H and O–H groups in total. The Morgan fingerprint density at radius 3 is 3.15 bits per heavy atom. The van der Waals surface area contributed by atoms with Gasteiger partial charge < -0.3 is 10.1 Å². The summed E-state index contributed by atoms with van der Waals surface area (Å²) in [4.78, 5) is 4.45. The number of hydrogen-bond acceptors (Lipinski definition) is 3. The van der Waals surface area contributed by atoms with E-state index in [0.29, 0.717) is 0 Å². The van der Waals surface area contributed by atoms with Crippen molar-refractivity contribution in [2.75, 3.05) is 19.0 Å². The van der Waals surface area contributed by atoms with Crippen molar-refractivity contribution in [3.05, 3.63) is 17.3 Å². The summed E-state index contributed by atoms with van der Waals surface area (Å²) < 4.78 is 5.17. The van der Waals surface area contributed by atoms with Crippen LogP contribution in [0, 0.1) is 6.92 Å². The molecule has 0 unspecified atom stereocenters. The summed E-state index contributed by atoms with van der Waals surface area (Å²) >= 11 is 0. The maximum absolute atomic E-state index is 5.17. The van der Waals surface area contributed by atoms with Crippen molar-refractivity contribution in [2.45, 2.75) is 19.8 Å². The Morgan fingerprint density at radius 2 is 2.38 bits per heavy atom. The van der Waals surface area contributed by atoms with Crippen molar-refractivity contribution in [3.8, 4) is 5.88 Å². The SMILES string of the molecule is COc1nc2c(cc1C)NCCC2. The van der Waals surface area contributed by atoms with E-state index in [1.165, 1.54) is 5.69 Å². The average Bonchev–Trinajstić information content (AvgIpc) is 2.17. The molecule has 0 aromatic carbocycles. The van der Waals surface area contributed by atoms with E-state index in [9.17, 15) is 0 Å². The molecule has 1 aliphatic heterocycles. The Morgan fingerprint density at radius 1 is 1.54 bits per heavy atom. The molecular formula is C10H14N2O. The summed E-state index contributed by atoms with van der Waals surface area (Å²) in [5.74, 6) is 0.752. The van der Waals surface area contributed by atoms with Gasteiger partial charge in [0.25, 0.3) is 0 Å². The van der Waals surface area contributed by atoms with Crippen LogP contribution in [0.3, 0.4) is 0 Å². The minimum atomic E-state index is 0.752. The fraction of sp³-hybridized carbons (Fsp3) is 0.500. The van der Waals surface area contributed by atoms with Crippen LogP contribution in [-0.4, -0.2) is 18.6 Å². The van der Waals surface area contributed by atoms with Gasteiger partial charge in [0.2, 0.25) is 5.88 Å². The molecule has 0 spiro atoms. The van der Waals surface area contributed by atoms with Gasteiger partial charge >= 0.3 is 0 Å². The number of nitrogens with one attached hydrogen (secondary N) is 1. The van der Waals surface area contributed by atoms with E-state index in [2.05, 4.69) is 16.4 Å². The summed E-state index contributed by atoms with van der Waals surface area (Å²) in [6, 6.07) is 2.11. The number of hydrogen-bond donors (Lipinski definition) is 1. The zero-order valence-electron chi connectivity index (χ0n) is 8.05. The second-order valence-electron chi connectivity index (χ2n) is 3.34. The lowest BCUT2D eigenvalue weighted by atomic mass is 10.1. The fourth-order valence-corrected chi connectivity index (χ4v) is 1.66. The standard InChI is InChI=1S/C10H14N2O/c1-7-6-9-8(4-3-5-11-9)12-10(7)13-2/h6,11H,3-5H2,1-2H3. The van der Waals surface area contributed by atoms with Crippen LogP contribution in [0.2, 0.25) is 0 Å². The molecule has 0 bridgehead atoms. The third-order valence-corrected chi connectivity index (χ3v) is 2.34. The Labute approximate surface area is 78.1 Å². The predicted octanol–water partition coefficient (Wildman–Crippen LogP) is 1.76. The van der Waals surface area contributed by atoms with Crippen LogP contribution < -0.4 is 10.1 Å². The Kier molecular flexibility index (Phi) is 2.08. The lowest BCUT2D eigenvalue weighted by molar-refractivity contribution is 0.392. The summed E-state index contributed by atoms with van der Waals surface area (Å²) in [5, 5.41) is 3.34. The molecule has 0 saturated carbocycles. The highest BCUT2D eigenvalue weighted by Gasteiger charge is 2.12. The Bertz CT molecular complexity index is 323. The molecule has 3 nitrogen and oxygen atoms in total. The van der Waals surface area contributed by atoms with E-state index in [0.717, 1.165) is 36.5 Å². The van der Waals surface area contributed by atoms with Gasteiger partial charge in [0.15, 0.2) is 0 Å². The fourth-order valence-electron chi connectivity index (χ4n) is 1.66. The topological polar surface area (TPSA) is 34.1 Å². The lowest BCUT2D eigenvalue weighted by Gasteiger charge is -2.18. The third-order valence-electron chi connectivity index (χ3n) is 2.34. The van der Waals surface area contributed by atoms with Gasteiger partial charge in [0.1, 0.15) is 0 Å². The first-order chi connectivity index (χ1) is 6.31. The van der Waals surface area contributed by atoms with E-state index in [1.807, 2.05) is 6.92 Å². The van der Waals surface area contributed by atoms with Crippen molar-refractivity contribution in [2.24, 2.45) is 0 Å². The van der Waals surface area contributed by atoms with Gasteiger partial charge in [-0.15, -0.1) is 0 Å². The van der Waals surface area contributed by atoms with Gasteiger partial charge in [-0.3, -0.25) is 0 Å². The number of aromatic nitrogens is 1. The summed E-state index contributed by atoms with van der Waals surface area (Å²) in [5.41, 5.74) is 3.40. The predicted molar refractivity (Wildman–Crippen MR) is 52.3 cm³/mol. The number of rotatable bonds is 1. The first-order valence-electron chi connectivity index (χ1n) is 4.59. The van der Waals surface area contributed by atoms with E-state index < -0.39 is 0 Å². The van der Waals surface area contributed by atoms with Crippen LogP contribution in [-0.2, 0) is 6.42 Å². The molecular weight excluding hydrogens is 164 g/mol. The molecule has 0 aliphatic carbocycles. The van der Waals surface area contributed by atoms with E-state index >= 15 is 0 Å². The summed E-state index contributed by atoms with van der Waals surface area (Å²) in [6.45, 7) is 3.07. The number of pyridine rings is 1. The van der Waals surface area contributed by atoms with Crippen LogP contribution in [0.15, 0.2) is 6.07 Å². The van der Waals surface area contributed by atoms with Gasteiger partial charge in [-0.1, -0.05) is 0 Å². The average molecular weight is 178 g/mol. The first-order valence-corrected chi connectivity index (χ1v) is 4.59. The van der Waals surface area contributed by atoms with Crippen LogP contribution in [0.1, 0.15) is 17.7 Å². The molecule has 13 heavy (non-hydrogen) atoms. The minimum absolute atomic E-state index is 0.752. The largest absolute Gasteiger partial charge is 0.481 e. The summed E-state index contributed by atoms with van der Waals surface area (Å²) in [7, 11) is 1.66. The van der Waals surface area contributed by atoms with Crippen LogP contribution >= 0.6 is 0 Å². The molecule has 0 saturated heterocycles. The van der Waals surface area contributed by atoms with Gasteiger partial charge in [-0.25, -0.2) is 4.98 Å². The highest BCUT2D eigenvalue weighted by Crippen LogP contribution is 2.25. The van der Waals surface area contributed by atoms with E-state index in [4.69, 9.17) is 4.74 Å². The smallest absolute Gasteiger partial charge is 0.216 e. The number of ether oxygens (including phenoxy) is 1. The first kappa shape index (κ1) is 8.35. The van der Waals surface area contributed by atoms with Crippen LogP contribution in [0.25, 0.3) is 0 Å². The van der Waals surface area contributed by atoms with Gasteiger partial charge in [-0.05, 0) is 25.8 Å². The molecule has 70 valence electrons. The van der Waals surface area contributed by atoms with Crippen molar-refractivity contribution in [1.29, 1.82) is 0 Å². The number of nitrogens with zero attached hydrogens (tertiary/aromatic N) is 1. The molecule has 0 atom stereocenters. The van der Waals surface area contributed by atoms with Crippen molar-refractivity contribution in [3.63, 3.8) is 0 Å². The Balaban J connectivity index is 2.44. The summed E-state index contributed by atoms with van der Waals surface area (Å²) in [6.07, 6.45) is 2.21. The Hall–Kier alpha value is -1.25. The number of fused-ring (bicyclic) bond motifs is 1. The second-order valence-corrected chi connectivity index (χ2v) is 3.34. The lowest BCUT2D eigenvalue weighted by Crippen LogP contribution is -2.13. The third kappa shape index (κ3) is 1.46. The number of methoxy groups -OCH3 is 1. The van der Waals surface area contributed by atoms with Gasteiger partial charge in [0.05, 0.1) is 18.5 Å². The molecule has 0 fully saturated rings. The van der Waals surface area contributed by atoms with Crippen LogP contribution in [0.5, 0.6) is 5.88 Å². The maximum atomic E-state index is 5.17. The van der Waals surface area contributed by atoms with E-state index in [-0.39, 0.29) is 0 Å². The van der Waals surface area contributed by atoms with E-state index in [1.54, 1.807) is 7.11 Å². The number of aryl methyl sites for hydroxylation is 2. The highest BCUT2D eigenvalue weighted by atomic mass is 16.5. The quantitative estimate of drug-likeness (QED) is 0.711. The molecule has 2 rings (SSSR count). The second kappa shape index (κ2) is 3.24. The zero-order valence-corrected chi connectivity index (χ0v) is 8.05. The monoisotopic (exact) mass is 178 g/mol. The molecule has 2 heterocycles. The minimum Gasteiger partial charge on any atom is -0.481 e. The van der Waals surface area contributed by atoms with Gasteiger partial charge in [0, 0.05) is 12.1 Å². The van der Waals surface area contributed by atoms with Gasteiger partial charge in [-0.2, -0.15) is 0 Å². The zero-order chi connectivity index (χ0) is 9.26. The number of anilines is 1. The molecule has 0 radical (unpaired) electrons. The maximum Gasteiger partial charge on any atom is 0.216 e.